The molecule has 2 aliphatic rings. The maximum Gasteiger partial charge on any atom is 0.294 e. The van der Waals surface area contributed by atoms with Crippen molar-refractivity contribution < 1.29 is 13.7 Å². The van der Waals surface area contributed by atoms with Crippen LogP contribution in [0.2, 0.25) is 0 Å². The van der Waals surface area contributed by atoms with Crippen molar-refractivity contribution in [1.82, 2.24) is 19.7 Å². The van der Waals surface area contributed by atoms with Crippen molar-refractivity contribution >= 4 is 11.6 Å². The zero-order valence-electron chi connectivity index (χ0n) is 14.8. The van der Waals surface area contributed by atoms with Crippen molar-refractivity contribution in [3.8, 4) is 17.3 Å². The molecule has 0 atom stereocenters. The van der Waals surface area contributed by atoms with Crippen LogP contribution < -0.4 is 4.90 Å². The van der Waals surface area contributed by atoms with E-state index in [0.29, 0.717) is 24.0 Å². The Labute approximate surface area is 159 Å². The second kappa shape index (κ2) is 5.66. The number of rotatable bonds is 3. The Morgan fingerprint density at radius 3 is 2.75 bits per heavy atom. The molecule has 4 heterocycles. The molecule has 1 fully saturated rings. The summed E-state index contributed by atoms with van der Waals surface area (Å²) in [6, 6.07) is 11.1. The second-order valence-electron chi connectivity index (χ2n) is 7.00. The second-order valence-corrected chi connectivity index (χ2v) is 7.00. The molecule has 0 spiro atoms. The van der Waals surface area contributed by atoms with Gasteiger partial charge in [-0.1, -0.05) is 17.3 Å². The van der Waals surface area contributed by atoms with E-state index in [-0.39, 0.29) is 11.7 Å². The topological polar surface area (TPSA) is 90.2 Å². The van der Waals surface area contributed by atoms with Crippen molar-refractivity contribution in [3.05, 3.63) is 66.3 Å². The highest BCUT2D eigenvalue weighted by atomic mass is 16.5. The van der Waals surface area contributed by atoms with E-state index in [0.717, 1.165) is 35.7 Å². The number of nitrogens with zero attached hydrogens (tertiary/aromatic N) is 5. The Kier molecular flexibility index (Phi) is 3.11. The lowest BCUT2D eigenvalue weighted by Gasteiger charge is -2.30. The number of carbonyl (C=O) groups is 1. The number of para-hydroxylation sites is 2. The van der Waals surface area contributed by atoms with Gasteiger partial charge in [-0.25, -0.2) is 4.98 Å². The first kappa shape index (κ1) is 15.4. The molecule has 1 saturated carbocycles. The molecule has 1 aliphatic carbocycles. The molecule has 6 rings (SSSR count). The maximum absolute atomic E-state index is 13.1. The molecule has 1 amide bonds. The predicted molar refractivity (Wildman–Crippen MR) is 98.1 cm³/mol. The lowest BCUT2D eigenvalue weighted by atomic mass is 10.1. The van der Waals surface area contributed by atoms with Gasteiger partial charge in [0.15, 0.2) is 17.3 Å². The van der Waals surface area contributed by atoms with Crippen LogP contribution in [-0.4, -0.2) is 25.6 Å². The van der Waals surface area contributed by atoms with Gasteiger partial charge in [0.2, 0.25) is 0 Å². The average Bonchev–Trinajstić information content (AvgIpc) is 3.16. The molecule has 0 N–H and O–H groups in total. The number of carbonyl (C=O) groups excluding carboxylic acids is 1. The highest BCUT2D eigenvalue weighted by Gasteiger charge is 2.33. The van der Waals surface area contributed by atoms with Crippen LogP contribution in [0.5, 0.6) is 0 Å². The van der Waals surface area contributed by atoms with Gasteiger partial charge in [-0.15, -0.1) is 0 Å². The lowest BCUT2D eigenvalue weighted by molar-refractivity contribution is 0.0957. The summed E-state index contributed by atoms with van der Waals surface area (Å²) >= 11 is 0. The van der Waals surface area contributed by atoms with Gasteiger partial charge in [-0.3, -0.25) is 14.3 Å². The molecule has 0 radical (unpaired) electrons. The van der Waals surface area contributed by atoms with Gasteiger partial charge in [0.05, 0.1) is 29.9 Å². The van der Waals surface area contributed by atoms with Crippen LogP contribution in [0.1, 0.15) is 40.8 Å². The number of furan rings is 1. The fourth-order valence-electron chi connectivity index (χ4n) is 3.60. The maximum atomic E-state index is 13.1. The largest absolute Gasteiger partial charge is 0.459 e. The molecule has 138 valence electrons. The van der Waals surface area contributed by atoms with Gasteiger partial charge in [0, 0.05) is 5.92 Å². The van der Waals surface area contributed by atoms with E-state index < -0.39 is 0 Å². The van der Waals surface area contributed by atoms with Crippen LogP contribution in [0.3, 0.4) is 0 Å². The minimum atomic E-state index is -0.208. The standard InChI is InChI=1S/C20H15N5O3/c26-20(16-6-3-9-27-16)24-10-15-17(19-22-18(23-28-19)12-7-8-12)21-11-25(15)14-5-2-1-4-13(14)24/h1-6,9,11-12H,7-8,10H2. The van der Waals surface area contributed by atoms with Crippen molar-refractivity contribution in [2.24, 2.45) is 0 Å². The number of hydrogen-bond donors (Lipinski definition) is 0. The SMILES string of the molecule is O=C(c1ccco1)N1Cc2c(-c3nc(C4CC4)no3)ncn2-c2ccccc21. The number of imidazole rings is 1. The summed E-state index contributed by atoms with van der Waals surface area (Å²) in [5.41, 5.74) is 3.09. The van der Waals surface area contributed by atoms with E-state index in [2.05, 4.69) is 15.1 Å². The highest BCUT2D eigenvalue weighted by molar-refractivity contribution is 6.05. The normalized spacial score (nSPS) is 15.4. The molecule has 3 aromatic heterocycles. The van der Waals surface area contributed by atoms with Gasteiger partial charge in [-0.05, 0) is 37.1 Å². The minimum absolute atomic E-state index is 0.208. The molecule has 4 aromatic rings. The zero-order valence-corrected chi connectivity index (χ0v) is 14.8. The van der Waals surface area contributed by atoms with E-state index in [1.165, 1.54) is 6.26 Å². The molecule has 0 unspecified atom stereocenters. The van der Waals surface area contributed by atoms with Crippen molar-refractivity contribution in [2.45, 2.75) is 25.3 Å². The van der Waals surface area contributed by atoms with Gasteiger partial charge in [0.1, 0.15) is 6.33 Å². The molecule has 0 saturated heterocycles. The number of hydrogen-bond acceptors (Lipinski definition) is 6. The van der Waals surface area contributed by atoms with E-state index in [1.807, 2.05) is 28.8 Å². The quantitative estimate of drug-likeness (QED) is 0.545. The summed E-state index contributed by atoms with van der Waals surface area (Å²) in [4.78, 5) is 23.8. The number of benzene rings is 1. The fourth-order valence-corrected chi connectivity index (χ4v) is 3.60. The van der Waals surface area contributed by atoms with Gasteiger partial charge >= 0.3 is 0 Å². The Morgan fingerprint density at radius 1 is 1.11 bits per heavy atom. The third-order valence-electron chi connectivity index (χ3n) is 5.17. The molecular formula is C20H15N5O3. The summed E-state index contributed by atoms with van der Waals surface area (Å²) in [5, 5.41) is 4.09. The van der Waals surface area contributed by atoms with E-state index in [9.17, 15) is 4.79 Å². The van der Waals surface area contributed by atoms with Crippen LogP contribution in [0, 0.1) is 0 Å². The lowest BCUT2D eigenvalue weighted by Crippen LogP contribution is -2.34. The van der Waals surface area contributed by atoms with Crippen LogP contribution in [0.4, 0.5) is 5.69 Å². The van der Waals surface area contributed by atoms with Crippen molar-refractivity contribution in [1.29, 1.82) is 0 Å². The average molecular weight is 373 g/mol. The van der Waals surface area contributed by atoms with E-state index >= 15 is 0 Å². The number of aromatic nitrogens is 4. The van der Waals surface area contributed by atoms with Crippen molar-refractivity contribution in [2.75, 3.05) is 4.90 Å². The summed E-state index contributed by atoms with van der Waals surface area (Å²) < 4.78 is 12.8. The Balaban J connectivity index is 1.47. The van der Waals surface area contributed by atoms with Crippen LogP contribution in [0.15, 0.2) is 57.9 Å². The minimum Gasteiger partial charge on any atom is -0.459 e. The van der Waals surface area contributed by atoms with E-state index in [4.69, 9.17) is 8.94 Å². The molecular weight excluding hydrogens is 358 g/mol. The van der Waals surface area contributed by atoms with E-state index in [1.54, 1.807) is 23.4 Å². The smallest absolute Gasteiger partial charge is 0.294 e. The summed E-state index contributed by atoms with van der Waals surface area (Å²) in [7, 11) is 0. The zero-order chi connectivity index (χ0) is 18.7. The molecule has 28 heavy (non-hydrogen) atoms. The van der Waals surface area contributed by atoms with Gasteiger partial charge in [-0.2, -0.15) is 4.98 Å². The Hall–Kier alpha value is -3.68. The number of anilines is 1. The monoisotopic (exact) mass is 373 g/mol. The first-order valence-electron chi connectivity index (χ1n) is 9.14. The predicted octanol–water partition coefficient (Wildman–Crippen LogP) is 3.55. The van der Waals surface area contributed by atoms with Crippen LogP contribution in [0.25, 0.3) is 17.3 Å². The van der Waals surface area contributed by atoms with Crippen molar-refractivity contribution in [3.63, 3.8) is 0 Å². The molecule has 1 aromatic carbocycles. The molecule has 8 heteroatoms. The Morgan fingerprint density at radius 2 is 1.96 bits per heavy atom. The summed E-state index contributed by atoms with van der Waals surface area (Å²) in [6.07, 6.45) is 5.42. The number of fused-ring (bicyclic) bond motifs is 3. The number of amides is 1. The fraction of sp³-hybridized carbons (Fsp3) is 0.200. The van der Waals surface area contributed by atoms with Gasteiger partial charge in [0.25, 0.3) is 11.8 Å². The van der Waals surface area contributed by atoms with Crippen LogP contribution in [-0.2, 0) is 6.54 Å². The molecule has 8 nitrogen and oxygen atoms in total. The Bertz CT molecular complexity index is 1190. The molecule has 1 aliphatic heterocycles. The first-order chi connectivity index (χ1) is 13.8. The summed E-state index contributed by atoms with van der Waals surface area (Å²) in [5.74, 6) is 1.60. The highest BCUT2D eigenvalue weighted by Crippen LogP contribution is 2.40. The first-order valence-corrected chi connectivity index (χ1v) is 9.14. The molecule has 0 bridgehead atoms. The van der Waals surface area contributed by atoms with Crippen LogP contribution >= 0.6 is 0 Å². The summed E-state index contributed by atoms with van der Waals surface area (Å²) in [6.45, 7) is 0.326. The van der Waals surface area contributed by atoms with Gasteiger partial charge < -0.3 is 8.94 Å². The third kappa shape index (κ3) is 2.24. The third-order valence-corrected chi connectivity index (χ3v) is 5.17.